The molecule has 0 aliphatic rings. The van der Waals surface area contributed by atoms with E-state index in [2.05, 4.69) is 26.1 Å². The third-order valence-electron chi connectivity index (χ3n) is 3.33. The zero-order valence-electron chi connectivity index (χ0n) is 13.6. The first-order valence-electron chi connectivity index (χ1n) is 7.42. The number of anilines is 1. The van der Waals surface area contributed by atoms with E-state index in [9.17, 15) is 9.59 Å². The van der Waals surface area contributed by atoms with Crippen LogP contribution in [0.4, 0.5) is 5.69 Å². The summed E-state index contributed by atoms with van der Waals surface area (Å²) in [6, 6.07) is 9.54. The van der Waals surface area contributed by atoms with E-state index < -0.39 is 5.97 Å². The van der Waals surface area contributed by atoms with Gasteiger partial charge in [0.25, 0.3) is 5.91 Å². The molecule has 0 saturated heterocycles. The molecule has 0 spiro atoms. The number of benzene rings is 1. The van der Waals surface area contributed by atoms with Gasteiger partial charge in [-0.2, -0.15) is 11.3 Å². The van der Waals surface area contributed by atoms with Gasteiger partial charge in [0.2, 0.25) is 0 Å². The molecule has 0 unspecified atom stereocenters. The monoisotopic (exact) mass is 331 g/mol. The Morgan fingerprint density at radius 3 is 2.39 bits per heavy atom. The fraction of sp³-hybridized carbons (Fsp3) is 0.333. The number of hydrogen-bond donors (Lipinski definition) is 1. The number of nitrogens with one attached hydrogen (secondary N) is 1. The number of thiophene rings is 1. The lowest BCUT2D eigenvalue weighted by Gasteiger charge is -2.19. The van der Waals surface area contributed by atoms with Gasteiger partial charge in [0, 0.05) is 5.69 Å². The van der Waals surface area contributed by atoms with Gasteiger partial charge in [0.15, 0.2) is 6.61 Å². The molecule has 1 heterocycles. The van der Waals surface area contributed by atoms with Gasteiger partial charge in [0.05, 0.1) is 6.42 Å². The van der Waals surface area contributed by atoms with Crippen molar-refractivity contribution < 1.29 is 14.3 Å². The molecule has 4 nitrogen and oxygen atoms in total. The minimum absolute atomic E-state index is 0.0692. The Morgan fingerprint density at radius 1 is 1.13 bits per heavy atom. The van der Waals surface area contributed by atoms with E-state index in [1.807, 2.05) is 41.1 Å². The molecule has 1 amide bonds. The van der Waals surface area contributed by atoms with Crippen LogP contribution in [-0.4, -0.2) is 18.5 Å². The minimum atomic E-state index is -0.401. The highest BCUT2D eigenvalue weighted by Gasteiger charge is 2.13. The van der Waals surface area contributed by atoms with E-state index in [1.165, 1.54) is 16.9 Å². The standard InChI is InChI=1S/C18H21NO3S/c1-18(2,3)14-4-6-15(7-5-14)19-16(20)11-22-17(21)10-13-8-9-23-12-13/h4-9,12H,10-11H2,1-3H3,(H,19,20). The summed E-state index contributed by atoms with van der Waals surface area (Å²) in [4.78, 5) is 23.4. The summed E-state index contributed by atoms with van der Waals surface area (Å²) in [7, 11) is 0. The van der Waals surface area contributed by atoms with Gasteiger partial charge in [0.1, 0.15) is 0 Å². The van der Waals surface area contributed by atoms with Crippen molar-refractivity contribution in [2.75, 3.05) is 11.9 Å². The Hall–Kier alpha value is -2.14. The van der Waals surface area contributed by atoms with Crippen LogP contribution in [0.5, 0.6) is 0 Å². The molecule has 0 radical (unpaired) electrons. The smallest absolute Gasteiger partial charge is 0.310 e. The van der Waals surface area contributed by atoms with E-state index in [4.69, 9.17) is 4.74 Å². The van der Waals surface area contributed by atoms with Gasteiger partial charge in [-0.15, -0.1) is 0 Å². The number of carbonyl (C=O) groups excluding carboxylic acids is 2. The maximum atomic E-state index is 11.8. The summed E-state index contributed by atoms with van der Waals surface area (Å²) in [5, 5.41) is 6.51. The van der Waals surface area contributed by atoms with Crippen LogP contribution in [0.1, 0.15) is 31.9 Å². The van der Waals surface area contributed by atoms with Crippen molar-refractivity contribution in [1.29, 1.82) is 0 Å². The summed E-state index contributed by atoms with van der Waals surface area (Å²) in [5.41, 5.74) is 2.85. The number of carbonyl (C=O) groups is 2. The Morgan fingerprint density at radius 2 is 1.83 bits per heavy atom. The van der Waals surface area contributed by atoms with Crippen LogP contribution in [0.25, 0.3) is 0 Å². The Balaban J connectivity index is 1.79. The topological polar surface area (TPSA) is 55.4 Å². The van der Waals surface area contributed by atoms with Crippen LogP contribution in [0.2, 0.25) is 0 Å². The van der Waals surface area contributed by atoms with E-state index >= 15 is 0 Å². The van der Waals surface area contributed by atoms with Gasteiger partial charge >= 0.3 is 5.97 Å². The minimum Gasteiger partial charge on any atom is -0.455 e. The highest BCUT2D eigenvalue weighted by molar-refractivity contribution is 7.07. The molecule has 23 heavy (non-hydrogen) atoms. The number of amides is 1. The normalized spacial score (nSPS) is 11.1. The van der Waals surface area contributed by atoms with Crippen LogP contribution in [0.15, 0.2) is 41.1 Å². The fourth-order valence-corrected chi connectivity index (χ4v) is 2.68. The largest absolute Gasteiger partial charge is 0.455 e. The van der Waals surface area contributed by atoms with Crippen LogP contribution in [0, 0.1) is 0 Å². The molecular weight excluding hydrogens is 310 g/mol. The molecule has 1 aromatic heterocycles. The summed E-state index contributed by atoms with van der Waals surface area (Å²) in [5.74, 6) is -0.742. The third kappa shape index (κ3) is 5.53. The zero-order chi connectivity index (χ0) is 16.9. The summed E-state index contributed by atoms with van der Waals surface area (Å²) in [6.45, 7) is 6.12. The molecular formula is C18H21NO3S. The maximum absolute atomic E-state index is 11.8. The van der Waals surface area contributed by atoms with Crippen LogP contribution in [-0.2, 0) is 26.2 Å². The first-order valence-corrected chi connectivity index (χ1v) is 8.36. The van der Waals surface area contributed by atoms with Gasteiger partial charge < -0.3 is 10.1 Å². The van der Waals surface area contributed by atoms with Crippen molar-refractivity contribution in [2.45, 2.75) is 32.6 Å². The number of hydrogen-bond acceptors (Lipinski definition) is 4. The molecule has 0 fully saturated rings. The van der Waals surface area contributed by atoms with Crippen molar-refractivity contribution in [3.63, 3.8) is 0 Å². The number of rotatable bonds is 5. The van der Waals surface area contributed by atoms with Crippen molar-refractivity contribution in [3.8, 4) is 0 Å². The average molecular weight is 331 g/mol. The first kappa shape index (κ1) is 17.2. The van der Waals surface area contributed by atoms with Gasteiger partial charge in [-0.25, -0.2) is 0 Å². The number of esters is 1. The molecule has 2 rings (SSSR count). The van der Waals surface area contributed by atoms with Crippen molar-refractivity contribution >= 4 is 28.9 Å². The zero-order valence-corrected chi connectivity index (χ0v) is 14.4. The second-order valence-corrected chi connectivity index (χ2v) is 7.12. The molecule has 0 saturated carbocycles. The predicted molar refractivity (Wildman–Crippen MR) is 92.8 cm³/mol. The lowest BCUT2D eigenvalue weighted by molar-refractivity contribution is -0.146. The molecule has 0 aliphatic carbocycles. The quantitative estimate of drug-likeness (QED) is 0.849. The van der Waals surface area contributed by atoms with Gasteiger partial charge in [-0.1, -0.05) is 32.9 Å². The fourth-order valence-electron chi connectivity index (χ4n) is 2.01. The predicted octanol–water partition coefficient (Wildman–Crippen LogP) is 3.77. The number of ether oxygens (including phenoxy) is 1. The Bertz CT molecular complexity index is 655. The molecule has 2 aromatic rings. The second kappa shape index (κ2) is 7.42. The summed E-state index contributed by atoms with van der Waals surface area (Å²) < 4.78 is 4.98. The van der Waals surface area contributed by atoms with E-state index in [0.29, 0.717) is 5.69 Å². The van der Waals surface area contributed by atoms with E-state index in [1.54, 1.807) is 0 Å². The molecule has 1 aromatic carbocycles. The lowest BCUT2D eigenvalue weighted by Crippen LogP contribution is -2.21. The van der Waals surface area contributed by atoms with Crippen LogP contribution in [0.3, 0.4) is 0 Å². The van der Waals surface area contributed by atoms with Gasteiger partial charge in [-0.3, -0.25) is 9.59 Å². The van der Waals surface area contributed by atoms with Crippen molar-refractivity contribution in [2.24, 2.45) is 0 Å². The van der Waals surface area contributed by atoms with Crippen LogP contribution >= 0.6 is 11.3 Å². The molecule has 122 valence electrons. The Kier molecular flexibility index (Phi) is 5.55. The van der Waals surface area contributed by atoms with Crippen molar-refractivity contribution in [3.05, 3.63) is 52.2 Å². The van der Waals surface area contributed by atoms with Crippen molar-refractivity contribution in [1.82, 2.24) is 0 Å². The molecule has 1 N–H and O–H groups in total. The maximum Gasteiger partial charge on any atom is 0.310 e. The third-order valence-corrected chi connectivity index (χ3v) is 4.06. The summed E-state index contributed by atoms with van der Waals surface area (Å²) in [6.07, 6.45) is 0.192. The average Bonchev–Trinajstić information content (AvgIpc) is 2.98. The highest BCUT2D eigenvalue weighted by Crippen LogP contribution is 2.23. The SMILES string of the molecule is CC(C)(C)c1ccc(NC(=O)COC(=O)Cc2ccsc2)cc1. The van der Waals surface area contributed by atoms with Gasteiger partial charge in [-0.05, 0) is 45.5 Å². The molecule has 0 atom stereocenters. The molecule has 0 bridgehead atoms. The first-order chi connectivity index (χ1) is 10.8. The second-order valence-electron chi connectivity index (χ2n) is 6.34. The van der Waals surface area contributed by atoms with E-state index in [-0.39, 0.29) is 24.3 Å². The lowest BCUT2D eigenvalue weighted by atomic mass is 9.87. The van der Waals surface area contributed by atoms with Crippen LogP contribution < -0.4 is 5.32 Å². The highest BCUT2D eigenvalue weighted by atomic mass is 32.1. The molecule has 0 aliphatic heterocycles. The summed E-state index contributed by atoms with van der Waals surface area (Å²) >= 11 is 1.52. The Labute approximate surface area is 140 Å². The van der Waals surface area contributed by atoms with E-state index in [0.717, 1.165) is 5.56 Å². The molecule has 5 heteroatoms.